The van der Waals surface area contributed by atoms with Gasteiger partial charge in [-0.2, -0.15) is 0 Å². The highest BCUT2D eigenvalue weighted by Gasteiger charge is 2.11. The van der Waals surface area contributed by atoms with E-state index >= 15 is 0 Å². The summed E-state index contributed by atoms with van der Waals surface area (Å²) in [4.78, 5) is 11.3. The Morgan fingerprint density at radius 2 is 2.06 bits per heavy atom. The first-order valence-electron chi connectivity index (χ1n) is 6.07. The monoisotopic (exact) mass is 266 g/mol. The van der Waals surface area contributed by atoms with Crippen molar-refractivity contribution < 1.29 is 0 Å². The number of hydrogen-bond donors (Lipinski definition) is 0. The van der Waals surface area contributed by atoms with Crippen LogP contribution in [0.4, 0.5) is 0 Å². The number of unbranched alkanes of at least 4 members (excludes halogenated alkanes) is 2. The van der Waals surface area contributed by atoms with Crippen molar-refractivity contribution in [3.8, 4) is 0 Å². The van der Waals surface area contributed by atoms with Crippen molar-refractivity contribution >= 4 is 33.3 Å². The zero-order valence-corrected chi connectivity index (χ0v) is 12.2. The Hall–Kier alpha value is -0.610. The Morgan fingerprint density at radius 1 is 1.24 bits per heavy atom. The Bertz CT molecular complexity index is 505. The highest BCUT2D eigenvalue weighted by Crippen LogP contribution is 2.34. The molecule has 4 heteroatoms. The fourth-order valence-electron chi connectivity index (χ4n) is 1.78. The Kier molecular flexibility index (Phi) is 4.40. The van der Waals surface area contributed by atoms with Crippen LogP contribution in [-0.2, 0) is 0 Å². The number of hydrogen-bond acceptors (Lipinski definition) is 4. The molecule has 17 heavy (non-hydrogen) atoms. The van der Waals surface area contributed by atoms with E-state index in [-0.39, 0.29) is 0 Å². The van der Waals surface area contributed by atoms with E-state index in [9.17, 15) is 0 Å². The molecule has 0 saturated carbocycles. The van der Waals surface area contributed by atoms with Gasteiger partial charge in [0.1, 0.15) is 16.2 Å². The van der Waals surface area contributed by atoms with Gasteiger partial charge in [-0.05, 0) is 31.6 Å². The van der Waals surface area contributed by atoms with Crippen LogP contribution in [0, 0.1) is 13.8 Å². The minimum atomic E-state index is 1.13. The van der Waals surface area contributed by atoms with Gasteiger partial charge in [-0.25, -0.2) is 9.97 Å². The molecule has 0 fully saturated rings. The summed E-state index contributed by atoms with van der Waals surface area (Å²) in [6.45, 7) is 6.57. The molecule has 0 unspecified atom stereocenters. The second-order valence-corrected chi connectivity index (χ2v) is 6.48. The van der Waals surface area contributed by atoms with Gasteiger partial charge >= 0.3 is 0 Å². The van der Waals surface area contributed by atoms with Crippen molar-refractivity contribution in [2.24, 2.45) is 0 Å². The fraction of sp³-hybridized carbons (Fsp3) is 0.538. The quantitative estimate of drug-likeness (QED) is 0.450. The van der Waals surface area contributed by atoms with Crippen LogP contribution in [0.25, 0.3) is 10.2 Å². The van der Waals surface area contributed by atoms with Gasteiger partial charge in [-0.1, -0.05) is 19.8 Å². The summed E-state index contributed by atoms with van der Waals surface area (Å²) in [5, 5.41) is 2.43. The molecular formula is C13H18N2S2. The molecule has 0 spiro atoms. The van der Waals surface area contributed by atoms with Crippen LogP contribution in [0.1, 0.15) is 36.6 Å². The summed E-state index contributed by atoms with van der Waals surface area (Å²) >= 11 is 3.65. The standard InChI is InChI=1S/C13H18N2S2/c1-4-5-6-7-16-12-11-9(2)10(3)17-13(11)15-8-14-12/h8H,4-7H2,1-3H3. The molecular weight excluding hydrogens is 248 g/mol. The van der Waals surface area contributed by atoms with E-state index < -0.39 is 0 Å². The van der Waals surface area contributed by atoms with Gasteiger partial charge in [-0.3, -0.25) is 0 Å². The predicted molar refractivity (Wildman–Crippen MR) is 77.1 cm³/mol. The molecule has 0 aliphatic carbocycles. The van der Waals surface area contributed by atoms with Gasteiger partial charge in [-0.15, -0.1) is 23.1 Å². The van der Waals surface area contributed by atoms with E-state index in [4.69, 9.17) is 0 Å². The number of aromatic nitrogens is 2. The second-order valence-electron chi connectivity index (χ2n) is 4.20. The maximum Gasteiger partial charge on any atom is 0.128 e. The molecule has 0 atom stereocenters. The Balaban J connectivity index is 2.21. The van der Waals surface area contributed by atoms with Gasteiger partial charge < -0.3 is 0 Å². The molecule has 2 aromatic heterocycles. The average molecular weight is 266 g/mol. The molecule has 2 nitrogen and oxygen atoms in total. The summed E-state index contributed by atoms with van der Waals surface area (Å²) in [5.41, 5.74) is 1.35. The van der Waals surface area contributed by atoms with E-state index in [0.717, 1.165) is 15.6 Å². The first-order valence-corrected chi connectivity index (χ1v) is 7.87. The third-order valence-electron chi connectivity index (χ3n) is 2.92. The van der Waals surface area contributed by atoms with Gasteiger partial charge in [0.25, 0.3) is 0 Å². The molecule has 2 rings (SSSR count). The lowest BCUT2D eigenvalue weighted by atomic mass is 10.2. The number of nitrogens with zero attached hydrogens (tertiary/aromatic N) is 2. The van der Waals surface area contributed by atoms with Gasteiger partial charge in [0.15, 0.2) is 0 Å². The summed E-state index contributed by atoms with van der Waals surface area (Å²) in [6.07, 6.45) is 5.55. The number of fused-ring (bicyclic) bond motifs is 1. The number of rotatable bonds is 5. The van der Waals surface area contributed by atoms with Crippen LogP contribution in [-0.4, -0.2) is 15.7 Å². The predicted octanol–water partition coefficient (Wildman–Crippen LogP) is 4.59. The highest BCUT2D eigenvalue weighted by molar-refractivity contribution is 7.99. The topological polar surface area (TPSA) is 25.8 Å². The normalized spacial score (nSPS) is 11.2. The van der Waals surface area contributed by atoms with E-state index in [1.165, 1.54) is 35.1 Å². The van der Waals surface area contributed by atoms with Crippen molar-refractivity contribution in [2.75, 3.05) is 5.75 Å². The maximum absolute atomic E-state index is 4.44. The molecule has 0 saturated heterocycles. The first kappa shape index (κ1) is 12.8. The molecule has 0 amide bonds. The second kappa shape index (κ2) is 5.83. The zero-order chi connectivity index (χ0) is 12.3. The fourth-order valence-corrected chi connectivity index (χ4v) is 3.90. The van der Waals surface area contributed by atoms with Crippen LogP contribution in [0.2, 0.25) is 0 Å². The van der Waals surface area contributed by atoms with E-state index in [1.54, 1.807) is 17.7 Å². The number of thiophene rings is 1. The molecule has 0 radical (unpaired) electrons. The van der Waals surface area contributed by atoms with Gasteiger partial charge in [0, 0.05) is 10.3 Å². The van der Waals surface area contributed by atoms with Crippen LogP contribution >= 0.6 is 23.1 Å². The zero-order valence-electron chi connectivity index (χ0n) is 10.6. The number of thioether (sulfide) groups is 1. The van der Waals surface area contributed by atoms with Crippen LogP contribution in [0.5, 0.6) is 0 Å². The summed E-state index contributed by atoms with van der Waals surface area (Å²) in [6, 6.07) is 0. The lowest BCUT2D eigenvalue weighted by Crippen LogP contribution is -1.87. The molecule has 2 aromatic rings. The molecule has 2 heterocycles. The molecule has 0 aliphatic rings. The third-order valence-corrected chi connectivity index (χ3v) is 5.11. The van der Waals surface area contributed by atoms with Crippen molar-refractivity contribution in [1.82, 2.24) is 9.97 Å². The summed E-state index contributed by atoms with van der Waals surface area (Å²) in [5.74, 6) is 1.16. The van der Waals surface area contributed by atoms with E-state index in [2.05, 4.69) is 30.7 Å². The molecule has 0 N–H and O–H groups in total. The molecule has 0 aromatic carbocycles. The van der Waals surface area contributed by atoms with Crippen LogP contribution in [0.15, 0.2) is 11.4 Å². The SMILES string of the molecule is CCCCCSc1ncnc2sc(C)c(C)c12. The largest absolute Gasteiger partial charge is 0.229 e. The highest BCUT2D eigenvalue weighted by atomic mass is 32.2. The van der Waals surface area contributed by atoms with Crippen molar-refractivity contribution in [2.45, 2.75) is 45.1 Å². The molecule has 0 aliphatic heterocycles. The average Bonchev–Trinajstić information content (AvgIpc) is 2.62. The lowest BCUT2D eigenvalue weighted by Gasteiger charge is -2.02. The van der Waals surface area contributed by atoms with Crippen molar-refractivity contribution in [3.05, 3.63) is 16.8 Å². The van der Waals surface area contributed by atoms with Crippen molar-refractivity contribution in [3.63, 3.8) is 0 Å². The minimum Gasteiger partial charge on any atom is -0.229 e. The van der Waals surface area contributed by atoms with E-state index in [1.807, 2.05) is 11.8 Å². The summed E-state index contributed by atoms with van der Waals surface area (Å²) < 4.78 is 0. The summed E-state index contributed by atoms with van der Waals surface area (Å²) in [7, 11) is 0. The molecule has 92 valence electrons. The minimum absolute atomic E-state index is 1.13. The molecule has 0 bridgehead atoms. The van der Waals surface area contributed by atoms with Gasteiger partial charge in [0.05, 0.1) is 0 Å². The van der Waals surface area contributed by atoms with Crippen LogP contribution < -0.4 is 0 Å². The number of aryl methyl sites for hydroxylation is 2. The smallest absolute Gasteiger partial charge is 0.128 e. The van der Waals surface area contributed by atoms with E-state index in [0.29, 0.717) is 0 Å². The van der Waals surface area contributed by atoms with Crippen molar-refractivity contribution in [1.29, 1.82) is 0 Å². The van der Waals surface area contributed by atoms with Gasteiger partial charge in [0.2, 0.25) is 0 Å². The lowest BCUT2D eigenvalue weighted by molar-refractivity contribution is 0.778. The van der Waals surface area contributed by atoms with Crippen LogP contribution in [0.3, 0.4) is 0 Å². The Labute approximate surface area is 111 Å². The maximum atomic E-state index is 4.44. The third kappa shape index (κ3) is 2.80. The first-order chi connectivity index (χ1) is 8.24. The Morgan fingerprint density at radius 3 is 2.82 bits per heavy atom.